The summed E-state index contributed by atoms with van der Waals surface area (Å²) in [4.78, 5) is 68.9. The quantitative estimate of drug-likeness (QED) is 0.156. The zero-order valence-electron chi connectivity index (χ0n) is 30.7. The van der Waals surface area contributed by atoms with Crippen molar-refractivity contribution in [2.45, 2.75) is 44.3 Å². The first-order valence-corrected chi connectivity index (χ1v) is 19.1. The van der Waals surface area contributed by atoms with Crippen molar-refractivity contribution in [3.8, 4) is 11.1 Å². The smallest absolute Gasteiger partial charge is 0.369 e. The Morgan fingerprint density at radius 1 is 0.772 bits per heavy atom. The van der Waals surface area contributed by atoms with Crippen LogP contribution in [0.2, 0.25) is 0 Å². The van der Waals surface area contributed by atoms with Gasteiger partial charge in [-0.25, -0.2) is 9.37 Å². The monoisotopic (exact) mass is 782 g/mol. The van der Waals surface area contributed by atoms with E-state index in [-0.39, 0.29) is 29.8 Å². The number of fused-ring (bicyclic) bond motifs is 4. The molecule has 9 rings (SSSR count). The molecule has 294 valence electrons. The van der Waals surface area contributed by atoms with Crippen LogP contribution in [-0.2, 0) is 15.8 Å². The summed E-state index contributed by atoms with van der Waals surface area (Å²) in [6, 6.07) is 10.5. The van der Waals surface area contributed by atoms with Crippen LogP contribution in [0.1, 0.15) is 58.4 Å². The number of hydrogen-bond acceptors (Lipinski definition) is 9. The van der Waals surface area contributed by atoms with Gasteiger partial charge in [-0.05, 0) is 74.0 Å². The van der Waals surface area contributed by atoms with Crippen LogP contribution in [0.3, 0.4) is 0 Å². The third kappa shape index (κ3) is 6.74. The van der Waals surface area contributed by atoms with Gasteiger partial charge < -0.3 is 14.8 Å². The van der Waals surface area contributed by atoms with Gasteiger partial charge in [0.2, 0.25) is 11.8 Å². The number of H-pyrrole nitrogens is 1. The Labute approximate surface area is 323 Å². The number of piperazine rings is 1. The molecule has 3 saturated heterocycles. The Morgan fingerprint density at radius 2 is 1.54 bits per heavy atom. The van der Waals surface area contributed by atoms with Crippen LogP contribution in [0.4, 0.5) is 29.1 Å². The minimum atomic E-state index is -4.61. The molecule has 4 aliphatic heterocycles. The topological polar surface area (TPSA) is 135 Å². The molecule has 5 aromatic rings. The van der Waals surface area contributed by atoms with Crippen molar-refractivity contribution < 1.29 is 36.7 Å². The van der Waals surface area contributed by atoms with Gasteiger partial charge in [-0.1, -0.05) is 12.1 Å². The Bertz CT molecular complexity index is 2450. The van der Waals surface area contributed by atoms with Gasteiger partial charge in [0.25, 0.3) is 11.8 Å². The first kappa shape index (κ1) is 36.7. The van der Waals surface area contributed by atoms with E-state index in [2.05, 4.69) is 30.1 Å². The van der Waals surface area contributed by atoms with E-state index >= 15 is 0 Å². The number of aromatic amines is 1. The van der Waals surface area contributed by atoms with Gasteiger partial charge >= 0.3 is 6.18 Å². The fourth-order valence-electron chi connectivity index (χ4n) is 8.72. The summed E-state index contributed by atoms with van der Waals surface area (Å²) >= 11 is 0. The molecule has 3 aromatic heterocycles. The lowest BCUT2D eigenvalue weighted by Gasteiger charge is -2.38. The molecule has 7 heterocycles. The molecule has 4 amide bonds. The van der Waals surface area contributed by atoms with Crippen molar-refractivity contribution in [2.75, 3.05) is 55.6 Å². The maximum Gasteiger partial charge on any atom is 0.419 e. The second-order valence-corrected chi connectivity index (χ2v) is 15.2. The van der Waals surface area contributed by atoms with Crippen LogP contribution in [0.5, 0.6) is 0 Å². The summed E-state index contributed by atoms with van der Waals surface area (Å²) in [5.74, 6) is -2.33. The molecule has 1 unspecified atom stereocenters. The number of aromatic nitrogens is 3. The molecule has 4 aliphatic rings. The van der Waals surface area contributed by atoms with Crippen LogP contribution < -0.4 is 15.1 Å². The van der Waals surface area contributed by atoms with Crippen molar-refractivity contribution in [1.82, 2.24) is 30.1 Å². The van der Waals surface area contributed by atoms with Gasteiger partial charge in [-0.2, -0.15) is 13.2 Å². The fraction of sp³-hybridized carbons (Fsp3) is 0.366. The third-order valence-electron chi connectivity index (χ3n) is 11.9. The first-order chi connectivity index (χ1) is 27.4. The summed E-state index contributed by atoms with van der Waals surface area (Å²) in [5, 5.41) is 3.54. The number of alkyl halides is 3. The molecule has 3 fully saturated rings. The molecule has 1 atom stereocenters. The molecule has 0 aliphatic carbocycles. The highest BCUT2D eigenvalue weighted by atomic mass is 19.4. The van der Waals surface area contributed by atoms with Crippen molar-refractivity contribution in [1.29, 1.82) is 0 Å². The number of piperidine rings is 2. The highest BCUT2D eigenvalue weighted by Crippen LogP contribution is 2.40. The van der Waals surface area contributed by atoms with Gasteiger partial charge in [0.05, 0.1) is 28.4 Å². The van der Waals surface area contributed by atoms with Gasteiger partial charge in [-0.15, -0.1) is 0 Å². The molecule has 2 N–H and O–H groups in total. The lowest BCUT2D eigenvalue weighted by Crippen LogP contribution is -2.54. The zero-order chi connectivity index (χ0) is 39.6. The second kappa shape index (κ2) is 14.2. The molecular weight excluding hydrogens is 744 g/mol. The highest BCUT2D eigenvalue weighted by Gasteiger charge is 2.45. The van der Waals surface area contributed by atoms with E-state index in [1.54, 1.807) is 41.4 Å². The number of nitrogens with one attached hydrogen (secondary N) is 2. The van der Waals surface area contributed by atoms with E-state index in [1.807, 2.05) is 6.07 Å². The summed E-state index contributed by atoms with van der Waals surface area (Å²) in [6.07, 6.45) is 2.11. The van der Waals surface area contributed by atoms with Crippen LogP contribution in [0, 0.1) is 11.7 Å². The number of carbonyl (C=O) groups excluding carboxylic acids is 4. The van der Waals surface area contributed by atoms with E-state index in [1.165, 1.54) is 6.20 Å². The van der Waals surface area contributed by atoms with Gasteiger partial charge in [0, 0.05) is 85.6 Å². The van der Waals surface area contributed by atoms with Crippen LogP contribution in [-0.4, -0.2) is 100 Å². The molecule has 0 saturated carbocycles. The number of pyridine rings is 2. The Morgan fingerprint density at radius 3 is 2.30 bits per heavy atom. The Kier molecular flexibility index (Phi) is 9.17. The van der Waals surface area contributed by atoms with E-state index in [0.29, 0.717) is 59.6 Å². The highest BCUT2D eigenvalue weighted by molar-refractivity contribution is 6.23. The number of carbonyl (C=O) groups is 4. The summed E-state index contributed by atoms with van der Waals surface area (Å²) in [7, 11) is 0. The van der Waals surface area contributed by atoms with E-state index in [9.17, 15) is 36.7 Å². The molecule has 16 heteroatoms. The number of benzene rings is 2. The Hall–Kier alpha value is -5.90. The van der Waals surface area contributed by atoms with Gasteiger partial charge in [0.1, 0.15) is 11.9 Å². The summed E-state index contributed by atoms with van der Waals surface area (Å²) < 4.78 is 57.8. The maximum absolute atomic E-state index is 14.5. The fourth-order valence-corrected chi connectivity index (χ4v) is 8.72. The average molecular weight is 783 g/mol. The Balaban J connectivity index is 0.791. The molecule has 12 nitrogen and oxygen atoms in total. The van der Waals surface area contributed by atoms with Crippen molar-refractivity contribution in [3.63, 3.8) is 0 Å². The molecule has 0 radical (unpaired) electrons. The first-order valence-electron chi connectivity index (χ1n) is 19.1. The van der Waals surface area contributed by atoms with Crippen LogP contribution in [0.15, 0.2) is 61.1 Å². The number of imide groups is 2. The third-order valence-corrected chi connectivity index (χ3v) is 11.9. The lowest BCUT2D eigenvalue weighted by atomic mass is 9.93. The van der Waals surface area contributed by atoms with Crippen LogP contribution in [0.25, 0.3) is 32.9 Å². The maximum atomic E-state index is 14.5. The second-order valence-electron chi connectivity index (χ2n) is 15.2. The average Bonchev–Trinajstić information content (AvgIpc) is 3.71. The number of nitrogens with zero attached hydrogens (tertiary/aromatic N) is 6. The lowest BCUT2D eigenvalue weighted by molar-refractivity contribution is -0.138. The minimum Gasteiger partial charge on any atom is -0.369 e. The van der Waals surface area contributed by atoms with E-state index < -0.39 is 47.2 Å². The number of halogens is 4. The largest absolute Gasteiger partial charge is 0.419 e. The SMILES string of the molecule is O=C1CCC(N2C(=O)c3ccc(N4CCN(CCC5CCN(c6ncc(-c7ccc8c(c7)[nH]c7c(F)cncc78)cc6C(F)(F)F)CC5)CC4)cc3C2=O)C(=O)N1. The molecule has 2 aromatic carbocycles. The van der Waals surface area contributed by atoms with E-state index in [0.717, 1.165) is 67.1 Å². The molecule has 57 heavy (non-hydrogen) atoms. The number of anilines is 2. The number of rotatable bonds is 7. The standard InChI is InChI=1S/C41H38F4N8O4/c42-32-22-46-21-30-27-3-1-24(18-33(27)48-36(30)32)25-17-31(41(43,44)45)37(47-20-25)52-11-8-23(9-12-52)7-10-50-13-15-51(16-14-50)26-2-4-28-29(19-26)40(57)53(39(28)56)34-5-6-35(54)49-38(34)55/h1-4,17-23,34,48H,5-16H2,(H,49,54,55). The molecule has 0 spiro atoms. The van der Waals surface area contributed by atoms with Crippen LogP contribution >= 0.6 is 0 Å². The predicted molar refractivity (Wildman–Crippen MR) is 203 cm³/mol. The predicted octanol–water partition coefficient (Wildman–Crippen LogP) is 5.77. The zero-order valence-corrected chi connectivity index (χ0v) is 30.7. The van der Waals surface area contributed by atoms with Crippen molar-refractivity contribution in [2.24, 2.45) is 5.92 Å². The van der Waals surface area contributed by atoms with Gasteiger partial charge in [-0.3, -0.25) is 39.3 Å². The summed E-state index contributed by atoms with van der Waals surface area (Å²) in [5.41, 5.74) is 2.27. The summed E-state index contributed by atoms with van der Waals surface area (Å²) in [6.45, 7) is 4.80. The minimum absolute atomic E-state index is 0.0603. The van der Waals surface area contributed by atoms with Gasteiger partial charge in [0.15, 0.2) is 5.82 Å². The van der Waals surface area contributed by atoms with Crippen molar-refractivity contribution in [3.05, 3.63) is 83.6 Å². The molecule has 0 bridgehead atoms. The number of hydrogen-bond donors (Lipinski definition) is 2. The van der Waals surface area contributed by atoms with E-state index in [4.69, 9.17) is 0 Å². The normalized spacial score (nSPS) is 19.9. The van der Waals surface area contributed by atoms with Crippen molar-refractivity contribution >= 4 is 56.9 Å². The molecular formula is C41H38F4N8O4. The number of amides is 4.